The fourth-order valence-electron chi connectivity index (χ4n) is 4.00. The molecule has 0 saturated heterocycles. The molecule has 2 aromatic rings. The van der Waals surface area contributed by atoms with Gasteiger partial charge in [-0.25, -0.2) is 0 Å². The van der Waals surface area contributed by atoms with Crippen LogP contribution in [0.4, 0.5) is 11.4 Å². The van der Waals surface area contributed by atoms with E-state index in [1.54, 1.807) is 4.90 Å². The first-order chi connectivity index (χ1) is 12.7. The van der Waals surface area contributed by atoms with E-state index in [1.165, 1.54) is 0 Å². The van der Waals surface area contributed by atoms with Crippen molar-refractivity contribution in [2.24, 2.45) is 5.92 Å². The monoisotopic (exact) mass is 366 g/mol. The maximum atomic E-state index is 13.6. The van der Waals surface area contributed by atoms with Gasteiger partial charge in [0.2, 0.25) is 5.91 Å². The van der Waals surface area contributed by atoms with Gasteiger partial charge in [-0.2, -0.15) is 0 Å². The Morgan fingerprint density at radius 1 is 1.07 bits per heavy atom. The van der Waals surface area contributed by atoms with Crippen molar-refractivity contribution in [2.75, 3.05) is 9.80 Å². The zero-order chi connectivity index (χ0) is 19.9. The van der Waals surface area contributed by atoms with E-state index >= 15 is 0 Å². The Morgan fingerprint density at radius 3 is 2.11 bits per heavy atom. The van der Waals surface area contributed by atoms with Crippen LogP contribution in [0.15, 0.2) is 36.4 Å². The molecule has 0 fully saturated rings. The van der Waals surface area contributed by atoms with Gasteiger partial charge < -0.3 is 4.90 Å². The van der Waals surface area contributed by atoms with Gasteiger partial charge in [0.25, 0.3) is 5.91 Å². The molecule has 0 aliphatic carbocycles. The summed E-state index contributed by atoms with van der Waals surface area (Å²) in [6.07, 6.45) is 1.21. The number of benzene rings is 2. The molecule has 144 valence electrons. The highest BCUT2D eigenvalue weighted by Gasteiger charge is 2.45. The normalized spacial score (nSPS) is 17.6. The molecule has 27 heavy (non-hydrogen) atoms. The zero-order valence-electron chi connectivity index (χ0n) is 17.2. The maximum Gasteiger partial charge on any atom is 0.250 e. The van der Waals surface area contributed by atoms with Crippen LogP contribution in [0, 0.1) is 5.92 Å². The molecule has 1 heterocycles. The van der Waals surface area contributed by atoms with Crippen LogP contribution in [0.3, 0.4) is 0 Å². The number of nitrogens with zero attached hydrogens (tertiary/aromatic N) is 2. The van der Waals surface area contributed by atoms with Crippen LogP contribution in [0.25, 0.3) is 10.8 Å². The Bertz CT molecular complexity index is 880. The van der Waals surface area contributed by atoms with Gasteiger partial charge in [-0.05, 0) is 56.0 Å². The smallest absolute Gasteiger partial charge is 0.250 e. The van der Waals surface area contributed by atoms with E-state index in [9.17, 15) is 9.59 Å². The van der Waals surface area contributed by atoms with Gasteiger partial charge in [0.1, 0.15) is 6.04 Å². The number of rotatable bonds is 3. The lowest BCUT2D eigenvalue weighted by Crippen LogP contribution is -2.62. The summed E-state index contributed by atoms with van der Waals surface area (Å²) in [7, 11) is 0. The third-order valence-electron chi connectivity index (χ3n) is 5.13. The number of fused-ring (bicyclic) bond motifs is 2. The second kappa shape index (κ2) is 6.99. The van der Waals surface area contributed by atoms with Gasteiger partial charge in [-0.1, -0.05) is 45.0 Å². The molecule has 2 aromatic carbocycles. The lowest BCUT2D eigenvalue weighted by Gasteiger charge is -2.48. The Balaban J connectivity index is 2.33. The number of amides is 2. The van der Waals surface area contributed by atoms with Crippen molar-refractivity contribution in [3.8, 4) is 0 Å². The topological polar surface area (TPSA) is 40.6 Å². The molecular weight excluding hydrogens is 336 g/mol. The summed E-state index contributed by atoms with van der Waals surface area (Å²) in [5, 5.41) is 2.15. The summed E-state index contributed by atoms with van der Waals surface area (Å²) in [5.74, 6) is 0.0575. The molecule has 1 aliphatic heterocycles. The number of carbonyl (C=O) groups excluding carboxylic acids is 2. The Hall–Kier alpha value is -2.36. The molecule has 0 bridgehead atoms. The van der Waals surface area contributed by atoms with Crippen molar-refractivity contribution in [1.29, 1.82) is 0 Å². The van der Waals surface area contributed by atoms with E-state index in [-0.39, 0.29) is 23.3 Å². The molecule has 3 rings (SSSR count). The van der Waals surface area contributed by atoms with Crippen molar-refractivity contribution in [2.45, 2.75) is 66.0 Å². The van der Waals surface area contributed by atoms with Crippen LogP contribution < -0.4 is 9.80 Å². The van der Waals surface area contributed by atoms with E-state index < -0.39 is 6.04 Å². The largest absolute Gasteiger partial charge is 0.303 e. The predicted molar refractivity (Wildman–Crippen MR) is 112 cm³/mol. The van der Waals surface area contributed by atoms with Crippen LogP contribution in [-0.4, -0.2) is 23.4 Å². The van der Waals surface area contributed by atoms with Gasteiger partial charge >= 0.3 is 0 Å². The average molecular weight is 367 g/mol. The summed E-state index contributed by atoms with van der Waals surface area (Å²) in [4.78, 5) is 30.3. The van der Waals surface area contributed by atoms with Crippen LogP contribution >= 0.6 is 0 Å². The van der Waals surface area contributed by atoms with Gasteiger partial charge in [0.05, 0.1) is 11.4 Å². The number of hydrogen-bond donors (Lipinski definition) is 0. The molecule has 0 saturated carbocycles. The summed E-state index contributed by atoms with van der Waals surface area (Å²) < 4.78 is 0. The van der Waals surface area contributed by atoms with Crippen molar-refractivity contribution in [1.82, 2.24) is 0 Å². The highest BCUT2D eigenvalue weighted by atomic mass is 16.2. The van der Waals surface area contributed by atoms with Gasteiger partial charge in [0, 0.05) is 12.0 Å². The van der Waals surface area contributed by atoms with Crippen molar-refractivity contribution < 1.29 is 9.59 Å². The van der Waals surface area contributed by atoms with E-state index in [0.29, 0.717) is 6.42 Å². The first-order valence-electron chi connectivity index (χ1n) is 9.85. The Labute approximate surface area is 162 Å². The van der Waals surface area contributed by atoms with Crippen LogP contribution in [-0.2, 0) is 9.59 Å². The third-order valence-corrected chi connectivity index (χ3v) is 5.13. The SMILES string of the molecule is CCCC(=O)N1c2cc3ccccc3cc2N(C(C)(C)C)C(=O)C1C(C)C. The number of carbonyl (C=O) groups is 2. The standard InChI is InChI=1S/C23H30N2O2/c1-7-10-20(26)24-18-13-16-11-8-9-12-17(16)14-19(18)25(23(4,5)6)22(27)21(24)15(2)3/h8-9,11-15,21H,7,10H2,1-6H3. The molecular formula is C23H30N2O2. The third kappa shape index (κ3) is 3.33. The minimum absolute atomic E-state index is 0.00438. The fourth-order valence-corrected chi connectivity index (χ4v) is 4.00. The molecule has 0 spiro atoms. The first kappa shape index (κ1) is 19.4. The lowest BCUT2D eigenvalue weighted by atomic mass is 9.91. The Morgan fingerprint density at radius 2 is 1.63 bits per heavy atom. The second-order valence-electron chi connectivity index (χ2n) is 8.74. The van der Waals surface area contributed by atoms with E-state index in [4.69, 9.17) is 0 Å². The molecule has 1 aliphatic rings. The van der Waals surface area contributed by atoms with Crippen molar-refractivity contribution in [3.05, 3.63) is 36.4 Å². The highest BCUT2D eigenvalue weighted by Crippen LogP contribution is 2.44. The molecule has 4 nitrogen and oxygen atoms in total. The molecule has 2 amide bonds. The average Bonchev–Trinajstić information content (AvgIpc) is 2.57. The molecule has 0 aromatic heterocycles. The minimum atomic E-state index is -0.475. The summed E-state index contributed by atoms with van der Waals surface area (Å²) in [6.45, 7) is 12.2. The molecule has 0 N–H and O–H groups in total. The summed E-state index contributed by atoms with van der Waals surface area (Å²) >= 11 is 0. The second-order valence-corrected chi connectivity index (χ2v) is 8.74. The predicted octanol–water partition coefficient (Wildman–Crippen LogP) is 5.14. The molecule has 0 radical (unpaired) electrons. The molecule has 4 heteroatoms. The van der Waals surface area contributed by atoms with E-state index in [2.05, 4.69) is 18.2 Å². The van der Waals surface area contributed by atoms with E-state index in [0.717, 1.165) is 28.6 Å². The van der Waals surface area contributed by atoms with Crippen molar-refractivity contribution in [3.63, 3.8) is 0 Å². The quantitative estimate of drug-likeness (QED) is 0.754. The molecule has 1 unspecified atom stereocenters. The highest BCUT2D eigenvalue weighted by molar-refractivity contribution is 6.15. The van der Waals surface area contributed by atoms with Gasteiger partial charge in [-0.3, -0.25) is 14.5 Å². The fraction of sp³-hybridized carbons (Fsp3) is 0.478. The van der Waals surface area contributed by atoms with Crippen LogP contribution in [0.5, 0.6) is 0 Å². The number of hydrogen-bond acceptors (Lipinski definition) is 2. The zero-order valence-corrected chi connectivity index (χ0v) is 17.2. The number of anilines is 2. The first-order valence-corrected chi connectivity index (χ1v) is 9.85. The summed E-state index contributed by atoms with van der Waals surface area (Å²) in [5.41, 5.74) is 1.30. The summed E-state index contributed by atoms with van der Waals surface area (Å²) in [6, 6.07) is 11.8. The van der Waals surface area contributed by atoms with Crippen molar-refractivity contribution >= 4 is 34.0 Å². The maximum absolute atomic E-state index is 13.6. The van der Waals surface area contributed by atoms with Crippen LogP contribution in [0.1, 0.15) is 54.4 Å². The lowest BCUT2D eigenvalue weighted by molar-refractivity contribution is -0.127. The van der Waals surface area contributed by atoms with Crippen LogP contribution in [0.2, 0.25) is 0 Å². The molecule has 1 atom stereocenters. The van der Waals surface area contributed by atoms with Gasteiger partial charge in [0.15, 0.2) is 0 Å². The Kier molecular flexibility index (Phi) is 5.02. The minimum Gasteiger partial charge on any atom is -0.303 e. The van der Waals surface area contributed by atoms with Gasteiger partial charge in [-0.15, -0.1) is 0 Å². The van der Waals surface area contributed by atoms with E-state index in [1.807, 2.05) is 64.6 Å².